The lowest BCUT2D eigenvalue weighted by molar-refractivity contribution is -0.124. The number of nitrogens with one attached hydrogen (secondary N) is 2. The van der Waals surface area contributed by atoms with Crippen molar-refractivity contribution in [2.75, 3.05) is 10.6 Å². The first-order valence-corrected chi connectivity index (χ1v) is 8.92. The van der Waals surface area contributed by atoms with Gasteiger partial charge in [-0.15, -0.1) is 0 Å². The molecule has 132 valence electrons. The molecule has 0 fully saturated rings. The molecule has 0 spiro atoms. The predicted molar refractivity (Wildman–Crippen MR) is 105 cm³/mol. The van der Waals surface area contributed by atoms with Gasteiger partial charge in [0.25, 0.3) is 0 Å². The summed E-state index contributed by atoms with van der Waals surface area (Å²) in [5.41, 5.74) is 4.68. The number of hydrogen-bond acceptors (Lipinski definition) is 4. The summed E-state index contributed by atoms with van der Waals surface area (Å²) in [4.78, 5) is 21.3. The van der Waals surface area contributed by atoms with Gasteiger partial charge in [-0.3, -0.25) is 4.79 Å². The maximum Gasteiger partial charge on any atom is 0.230 e. The van der Waals surface area contributed by atoms with Gasteiger partial charge in [-0.05, 0) is 42.2 Å². The van der Waals surface area contributed by atoms with E-state index in [0.29, 0.717) is 5.95 Å². The number of carbonyl (C=O) groups excluding carboxylic acids is 1. The van der Waals surface area contributed by atoms with Crippen molar-refractivity contribution in [3.05, 3.63) is 53.7 Å². The smallest absolute Gasteiger partial charge is 0.230 e. The van der Waals surface area contributed by atoms with E-state index in [1.165, 1.54) is 0 Å². The molecule has 1 amide bonds. The highest BCUT2D eigenvalue weighted by atomic mass is 16.2. The number of nitrogens with zero attached hydrogens (tertiary/aromatic N) is 2. The third-order valence-electron chi connectivity index (χ3n) is 4.91. The zero-order chi connectivity index (χ0) is 18.3. The van der Waals surface area contributed by atoms with Crippen molar-refractivity contribution in [1.29, 1.82) is 0 Å². The molecule has 2 aromatic carbocycles. The number of hydrogen-bond donors (Lipinski definition) is 2. The first-order valence-electron chi connectivity index (χ1n) is 8.92. The number of rotatable bonds is 3. The van der Waals surface area contributed by atoms with Gasteiger partial charge >= 0.3 is 0 Å². The van der Waals surface area contributed by atoms with Crippen molar-refractivity contribution in [3.8, 4) is 0 Å². The van der Waals surface area contributed by atoms with Crippen LogP contribution in [0.4, 0.5) is 17.3 Å². The Morgan fingerprint density at radius 3 is 2.85 bits per heavy atom. The number of aromatic nitrogens is 2. The van der Waals surface area contributed by atoms with E-state index in [1.807, 2.05) is 44.3 Å². The van der Waals surface area contributed by atoms with Gasteiger partial charge in [-0.2, -0.15) is 0 Å². The van der Waals surface area contributed by atoms with Gasteiger partial charge in [0.1, 0.15) is 0 Å². The van der Waals surface area contributed by atoms with Crippen molar-refractivity contribution >= 4 is 34.1 Å². The number of para-hydroxylation sites is 1. The SMILES string of the molecule is CCc1cc(Nc2ncc3ccccc3n2)cc2c1NC(=O)C(C)(C)C2. The highest BCUT2D eigenvalue weighted by Gasteiger charge is 2.34. The molecule has 5 heteroatoms. The topological polar surface area (TPSA) is 66.9 Å². The Morgan fingerprint density at radius 1 is 1.23 bits per heavy atom. The summed E-state index contributed by atoms with van der Waals surface area (Å²) in [6, 6.07) is 12.1. The van der Waals surface area contributed by atoms with Gasteiger partial charge in [0, 0.05) is 28.4 Å². The fraction of sp³-hybridized carbons (Fsp3) is 0.286. The summed E-state index contributed by atoms with van der Waals surface area (Å²) in [7, 11) is 0. The third kappa shape index (κ3) is 2.90. The minimum Gasteiger partial charge on any atom is -0.325 e. The number of fused-ring (bicyclic) bond motifs is 2. The van der Waals surface area contributed by atoms with E-state index in [-0.39, 0.29) is 5.91 Å². The lowest BCUT2D eigenvalue weighted by Crippen LogP contribution is -2.37. The molecular weight excluding hydrogens is 324 g/mol. The normalized spacial score (nSPS) is 15.4. The fourth-order valence-corrected chi connectivity index (χ4v) is 3.42. The van der Waals surface area contributed by atoms with Crippen LogP contribution in [0.2, 0.25) is 0 Å². The molecular formula is C21H22N4O. The van der Waals surface area contributed by atoms with Crippen LogP contribution in [-0.2, 0) is 17.6 Å². The average Bonchev–Trinajstić information content (AvgIpc) is 2.62. The summed E-state index contributed by atoms with van der Waals surface area (Å²) in [6.45, 7) is 6.05. The Kier molecular flexibility index (Phi) is 3.87. The van der Waals surface area contributed by atoms with E-state index in [0.717, 1.165) is 46.2 Å². The van der Waals surface area contributed by atoms with Gasteiger partial charge in [0.15, 0.2) is 0 Å². The highest BCUT2D eigenvalue weighted by Crippen LogP contribution is 2.37. The largest absolute Gasteiger partial charge is 0.325 e. The van der Waals surface area contributed by atoms with Crippen LogP contribution in [0, 0.1) is 5.41 Å². The first-order chi connectivity index (χ1) is 12.5. The first kappa shape index (κ1) is 16.5. The van der Waals surface area contributed by atoms with Crippen molar-refractivity contribution in [3.63, 3.8) is 0 Å². The number of aryl methyl sites for hydroxylation is 1. The van der Waals surface area contributed by atoms with Crippen molar-refractivity contribution in [2.45, 2.75) is 33.6 Å². The molecule has 5 nitrogen and oxygen atoms in total. The van der Waals surface area contributed by atoms with Crippen molar-refractivity contribution < 1.29 is 4.79 Å². The molecule has 1 aromatic heterocycles. The molecule has 0 unspecified atom stereocenters. The van der Waals surface area contributed by atoms with Crippen LogP contribution < -0.4 is 10.6 Å². The van der Waals surface area contributed by atoms with Gasteiger partial charge < -0.3 is 10.6 Å². The molecule has 26 heavy (non-hydrogen) atoms. The number of carbonyl (C=O) groups is 1. The number of benzene rings is 2. The molecule has 1 aliphatic heterocycles. The molecule has 0 radical (unpaired) electrons. The molecule has 2 N–H and O–H groups in total. The summed E-state index contributed by atoms with van der Waals surface area (Å²) >= 11 is 0. The highest BCUT2D eigenvalue weighted by molar-refractivity contribution is 5.99. The summed E-state index contributed by atoms with van der Waals surface area (Å²) in [5.74, 6) is 0.656. The van der Waals surface area contributed by atoms with Crippen molar-refractivity contribution in [1.82, 2.24) is 9.97 Å². The maximum absolute atomic E-state index is 12.3. The molecule has 0 saturated carbocycles. The Labute approximate surface area is 152 Å². The van der Waals surface area contributed by atoms with E-state index in [4.69, 9.17) is 0 Å². The lowest BCUT2D eigenvalue weighted by Gasteiger charge is -2.32. The monoisotopic (exact) mass is 346 g/mol. The third-order valence-corrected chi connectivity index (χ3v) is 4.91. The fourth-order valence-electron chi connectivity index (χ4n) is 3.42. The van der Waals surface area contributed by atoms with Crippen LogP contribution in [0.5, 0.6) is 0 Å². The molecule has 0 bridgehead atoms. The Morgan fingerprint density at radius 2 is 2.04 bits per heavy atom. The second-order valence-corrected chi connectivity index (χ2v) is 7.42. The van der Waals surface area contributed by atoms with Crippen LogP contribution in [0.25, 0.3) is 10.9 Å². The predicted octanol–water partition coefficient (Wildman–Crippen LogP) is 4.46. The molecule has 0 saturated heterocycles. The van der Waals surface area contributed by atoms with Gasteiger partial charge in [-0.1, -0.05) is 39.0 Å². The van der Waals surface area contributed by atoms with E-state index >= 15 is 0 Å². The van der Waals surface area contributed by atoms with Gasteiger partial charge in [0.05, 0.1) is 5.52 Å². The Bertz CT molecular complexity index is 1010. The lowest BCUT2D eigenvalue weighted by atomic mass is 9.80. The van der Waals surface area contributed by atoms with Crippen LogP contribution in [0.3, 0.4) is 0 Å². The number of amides is 1. The van der Waals surface area contributed by atoms with E-state index < -0.39 is 5.41 Å². The maximum atomic E-state index is 12.3. The average molecular weight is 346 g/mol. The minimum atomic E-state index is -0.407. The van der Waals surface area contributed by atoms with Gasteiger partial charge in [-0.25, -0.2) is 9.97 Å². The zero-order valence-corrected chi connectivity index (χ0v) is 15.3. The second-order valence-electron chi connectivity index (χ2n) is 7.42. The van der Waals surface area contributed by atoms with Crippen LogP contribution >= 0.6 is 0 Å². The standard InChI is InChI=1S/C21H22N4O/c1-4-13-9-16(10-15-11-21(2,3)19(26)25-18(13)15)23-20-22-12-14-7-5-6-8-17(14)24-20/h5-10,12H,4,11H2,1-3H3,(H,25,26)(H,22,23,24). The molecule has 4 rings (SSSR count). The summed E-state index contributed by atoms with van der Waals surface area (Å²) < 4.78 is 0. The van der Waals surface area contributed by atoms with Gasteiger partial charge in [0.2, 0.25) is 11.9 Å². The Hall–Kier alpha value is -2.95. The van der Waals surface area contributed by atoms with Crippen LogP contribution in [-0.4, -0.2) is 15.9 Å². The molecule has 2 heterocycles. The summed E-state index contributed by atoms with van der Waals surface area (Å²) in [6.07, 6.45) is 3.39. The van der Waals surface area contributed by atoms with E-state index in [9.17, 15) is 4.79 Å². The molecule has 3 aromatic rings. The minimum absolute atomic E-state index is 0.0817. The number of anilines is 3. The Balaban J connectivity index is 1.71. The van der Waals surface area contributed by atoms with E-state index in [1.54, 1.807) is 0 Å². The molecule has 0 aliphatic carbocycles. The molecule has 1 aliphatic rings. The van der Waals surface area contributed by atoms with E-state index in [2.05, 4.69) is 39.7 Å². The van der Waals surface area contributed by atoms with Crippen LogP contribution in [0.1, 0.15) is 31.9 Å². The zero-order valence-electron chi connectivity index (χ0n) is 15.3. The summed E-state index contributed by atoms with van der Waals surface area (Å²) in [5, 5.41) is 7.43. The second kappa shape index (κ2) is 6.09. The van der Waals surface area contributed by atoms with Crippen molar-refractivity contribution in [2.24, 2.45) is 5.41 Å². The molecule has 0 atom stereocenters. The quantitative estimate of drug-likeness (QED) is 0.735. The van der Waals surface area contributed by atoms with Crippen LogP contribution in [0.15, 0.2) is 42.6 Å².